The number of nitrogens with one attached hydrogen (secondary N) is 2. The number of anilines is 1. The van der Waals surface area contributed by atoms with Crippen LogP contribution in [0.1, 0.15) is 20.8 Å². The lowest BCUT2D eigenvalue weighted by molar-refractivity contribution is -0.118. The van der Waals surface area contributed by atoms with Gasteiger partial charge in [0.25, 0.3) is 5.91 Å². The van der Waals surface area contributed by atoms with E-state index < -0.39 is 30.3 Å². The summed E-state index contributed by atoms with van der Waals surface area (Å²) in [5.41, 5.74) is -0.539. The van der Waals surface area contributed by atoms with Crippen LogP contribution in [-0.2, 0) is 9.53 Å². The molecular weight excluding hydrogens is 326 g/mol. The van der Waals surface area contributed by atoms with Gasteiger partial charge in [0.1, 0.15) is 29.7 Å². The maximum atomic E-state index is 12.2. The number of hydrogen-bond acceptors (Lipinski definition) is 5. The highest BCUT2D eigenvalue weighted by atomic mass is 19.3. The maximum absolute atomic E-state index is 12.2. The quantitative estimate of drug-likeness (QED) is 0.880. The molecule has 24 heavy (non-hydrogen) atoms. The topological polar surface area (TPSA) is 85.9 Å². The van der Waals surface area contributed by atoms with E-state index in [2.05, 4.69) is 15.4 Å². The van der Waals surface area contributed by atoms with Gasteiger partial charge in [-0.05, 0) is 32.9 Å². The highest BCUT2D eigenvalue weighted by molar-refractivity contribution is 5.98. The number of amides is 2. The Balaban J connectivity index is 2.06. The average molecular weight is 344 g/mol. The van der Waals surface area contributed by atoms with Crippen molar-refractivity contribution in [2.75, 3.05) is 11.9 Å². The molecule has 9 heteroatoms. The molecule has 0 radical (unpaired) electrons. The highest BCUT2D eigenvalue weighted by Crippen LogP contribution is 2.31. The molecule has 7 nitrogen and oxygen atoms in total. The molecule has 1 atom stereocenters. The van der Waals surface area contributed by atoms with E-state index in [1.165, 1.54) is 18.2 Å². The molecule has 0 saturated heterocycles. The van der Waals surface area contributed by atoms with Crippen LogP contribution in [0.3, 0.4) is 0 Å². The first-order valence-electron chi connectivity index (χ1n) is 7.16. The van der Waals surface area contributed by atoms with E-state index in [9.17, 15) is 18.4 Å². The number of halogens is 2. The second kappa shape index (κ2) is 6.90. The van der Waals surface area contributed by atoms with Crippen molar-refractivity contribution in [3.8, 4) is 11.5 Å². The smallest absolute Gasteiger partial charge is 0.408 e. The third-order valence-electron chi connectivity index (χ3n) is 2.85. The molecule has 132 valence electrons. The number of alkyl halides is 2. The molecule has 0 aliphatic carbocycles. The molecule has 1 unspecified atom stereocenters. The lowest BCUT2D eigenvalue weighted by Gasteiger charge is -2.22. The van der Waals surface area contributed by atoms with Gasteiger partial charge in [-0.3, -0.25) is 4.79 Å². The molecule has 2 N–H and O–H groups in total. The van der Waals surface area contributed by atoms with Crippen LogP contribution in [0.2, 0.25) is 0 Å². The molecule has 2 rings (SSSR count). The summed E-state index contributed by atoms with van der Waals surface area (Å²) in [6.07, 6.45) is -0.765. The predicted molar refractivity (Wildman–Crippen MR) is 80.4 cm³/mol. The normalized spacial score (nSPS) is 17.2. The van der Waals surface area contributed by atoms with Crippen molar-refractivity contribution in [1.29, 1.82) is 0 Å². The third-order valence-corrected chi connectivity index (χ3v) is 2.85. The van der Waals surface area contributed by atoms with Gasteiger partial charge in [-0.25, -0.2) is 4.79 Å². The van der Waals surface area contributed by atoms with Gasteiger partial charge in [0, 0.05) is 6.07 Å². The number of hydrogen-bond donors (Lipinski definition) is 2. The van der Waals surface area contributed by atoms with Crippen LogP contribution in [0.25, 0.3) is 0 Å². The monoisotopic (exact) mass is 344 g/mol. The molecule has 2 amide bonds. The summed E-state index contributed by atoms with van der Waals surface area (Å²) in [4.78, 5) is 23.9. The van der Waals surface area contributed by atoms with Crippen LogP contribution >= 0.6 is 0 Å². The first kappa shape index (κ1) is 17.8. The minimum absolute atomic E-state index is 0.119. The minimum atomic E-state index is -2.98. The molecule has 1 aliphatic rings. The van der Waals surface area contributed by atoms with Gasteiger partial charge in [0.2, 0.25) is 0 Å². The highest BCUT2D eigenvalue weighted by Gasteiger charge is 2.28. The zero-order valence-electron chi connectivity index (χ0n) is 13.4. The van der Waals surface area contributed by atoms with Gasteiger partial charge in [-0.1, -0.05) is 0 Å². The van der Waals surface area contributed by atoms with Crippen LogP contribution in [0.5, 0.6) is 11.5 Å². The van der Waals surface area contributed by atoms with Gasteiger partial charge >= 0.3 is 12.7 Å². The summed E-state index contributed by atoms with van der Waals surface area (Å²) in [6.45, 7) is 1.96. The Morgan fingerprint density at radius 2 is 2.12 bits per heavy atom. The first-order valence-corrected chi connectivity index (χ1v) is 7.16. The Kier molecular flexibility index (Phi) is 5.10. The van der Waals surface area contributed by atoms with Gasteiger partial charge in [-0.15, -0.1) is 0 Å². The van der Waals surface area contributed by atoms with E-state index >= 15 is 0 Å². The number of rotatable bonds is 3. The van der Waals surface area contributed by atoms with Crippen molar-refractivity contribution < 1.29 is 32.6 Å². The van der Waals surface area contributed by atoms with E-state index in [4.69, 9.17) is 9.47 Å². The molecule has 1 aliphatic heterocycles. The van der Waals surface area contributed by atoms with Crippen molar-refractivity contribution in [2.24, 2.45) is 0 Å². The average Bonchev–Trinajstić information content (AvgIpc) is 2.55. The fourth-order valence-electron chi connectivity index (χ4n) is 1.93. The molecular formula is C15H18F2N2O5. The lowest BCUT2D eigenvalue weighted by atomic mass is 10.2. The fraction of sp³-hybridized carbons (Fsp3) is 0.467. The van der Waals surface area contributed by atoms with E-state index in [0.29, 0.717) is 0 Å². The van der Waals surface area contributed by atoms with E-state index in [0.717, 1.165) is 0 Å². The van der Waals surface area contributed by atoms with Gasteiger partial charge in [0.05, 0.1) is 5.69 Å². The molecule has 1 aromatic carbocycles. The van der Waals surface area contributed by atoms with Crippen molar-refractivity contribution in [3.63, 3.8) is 0 Å². The summed E-state index contributed by atoms with van der Waals surface area (Å²) in [6, 6.07) is 2.91. The van der Waals surface area contributed by atoms with Gasteiger partial charge < -0.3 is 24.8 Å². The second-order valence-electron chi connectivity index (χ2n) is 6.04. The minimum Gasteiger partial charge on any atom is -0.489 e. The van der Waals surface area contributed by atoms with Crippen LogP contribution in [-0.4, -0.2) is 36.9 Å². The Labute approximate surface area is 137 Å². The number of fused-ring (bicyclic) bond motifs is 1. The van der Waals surface area contributed by atoms with Crippen LogP contribution in [0.15, 0.2) is 18.2 Å². The zero-order valence-corrected chi connectivity index (χ0v) is 13.4. The number of ether oxygens (including phenoxy) is 3. The Bertz CT molecular complexity index is 631. The first-order chi connectivity index (χ1) is 11.1. The standard InChI is InChI=1S/C15H18F2N2O5/c1-15(2,3)24-14(21)19-10-7-22-11-5-4-8(23-13(16)17)6-9(11)18-12(10)20/h4-6,10,13H,7H2,1-3H3,(H,18,20)(H,19,21). The van der Waals surface area contributed by atoms with Crippen molar-refractivity contribution in [1.82, 2.24) is 5.32 Å². The van der Waals surface area contributed by atoms with E-state index in [1.54, 1.807) is 20.8 Å². The number of carbonyl (C=O) groups is 2. The molecule has 0 fully saturated rings. The summed E-state index contributed by atoms with van der Waals surface area (Å²) in [5, 5.41) is 4.89. The van der Waals surface area contributed by atoms with Crippen molar-refractivity contribution in [2.45, 2.75) is 39.0 Å². The van der Waals surface area contributed by atoms with Crippen molar-refractivity contribution >= 4 is 17.7 Å². The van der Waals surface area contributed by atoms with E-state index in [1.807, 2.05) is 0 Å². The molecule has 1 heterocycles. The number of alkyl carbamates (subject to hydrolysis) is 1. The van der Waals surface area contributed by atoms with Crippen LogP contribution in [0, 0.1) is 0 Å². The zero-order chi connectivity index (χ0) is 17.9. The molecule has 0 saturated carbocycles. The van der Waals surface area contributed by atoms with E-state index in [-0.39, 0.29) is 23.8 Å². The third kappa shape index (κ3) is 4.97. The predicted octanol–water partition coefficient (Wildman–Crippen LogP) is 2.51. The molecule has 0 aromatic heterocycles. The largest absolute Gasteiger partial charge is 0.489 e. The van der Waals surface area contributed by atoms with Gasteiger partial charge in [-0.2, -0.15) is 8.78 Å². The second-order valence-corrected chi connectivity index (χ2v) is 6.04. The maximum Gasteiger partial charge on any atom is 0.408 e. The summed E-state index contributed by atoms with van der Waals surface area (Å²) in [5.74, 6) is -0.404. The fourth-order valence-corrected chi connectivity index (χ4v) is 1.93. The summed E-state index contributed by atoms with van der Waals surface area (Å²) in [7, 11) is 0. The molecule has 0 bridgehead atoms. The van der Waals surface area contributed by atoms with Crippen LogP contribution < -0.4 is 20.1 Å². The van der Waals surface area contributed by atoms with Gasteiger partial charge in [0.15, 0.2) is 0 Å². The Morgan fingerprint density at radius 1 is 1.42 bits per heavy atom. The SMILES string of the molecule is CC(C)(C)OC(=O)NC1COc2ccc(OC(F)F)cc2NC1=O. The number of benzene rings is 1. The lowest BCUT2D eigenvalue weighted by Crippen LogP contribution is -2.48. The Hall–Kier alpha value is -2.58. The van der Waals surface area contributed by atoms with Crippen LogP contribution in [0.4, 0.5) is 19.3 Å². The molecule has 0 spiro atoms. The number of carbonyl (C=O) groups excluding carboxylic acids is 2. The Morgan fingerprint density at radius 3 is 2.75 bits per heavy atom. The summed E-state index contributed by atoms with van der Waals surface area (Å²) >= 11 is 0. The van der Waals surface area contributed by atoms with Crippen molar-refractivity contribution in [3.05, 3.63) is 18.2 Å². The summed E-state index contributed by atoms with van der Waals surface area (Å²) < 4.78 is 39.3. The molecule has 1 aromatic rings.